The summed E-state index contributed by atoms with van der Waals surface area (Å²) in [7, 11) is 0. The van der Waals surface area contributed by atoms with Crippen LogP contribution < -0.4 is 4.74 Å². The van der Waals surface area contributed by atoms with E-state index in [1.807, 2.05) is 48.5 Å². The van der Waals surface area contributed by atoms with Gasteiger partial charge in [0, 0.05) is 16.0 Å². The molecular formula is C17H15BrO3. The minimum Gasteiger partial charge on any atom is -0.493 e. The van der Waals surface area contributed by atoms with E-state index >= 15 is 0 Å². The summed E-state index contributed by atoms with van der Waals surface area (Å²) < 4.78 is 6.49. The summed E-state index contributed by atoms with van der Waals surface area (Å²) in [6, 6.07) is 15.4. The molecule has 3 rings (SSSR count). The molecule has 0 radical (unpaired) electrons. The molecule has 0 spiro atoms. The van der Waals surface area contributed by atoms with Crippen molar-refractivity contribution in [3.8, 4) is 5.75 Å². The third-order valence-corrected chi connectivity index (χ3v) is 4.62. The van der Waals surface area contributed by atoms with Gasteiger partial charge in [0.2, 0.25) is 0 Å². The predicted octanol–water partition coefficient (Wildman–Crippen LogP) is 4.18. The van der Waals surface area contributed by atoms with Gasteiger partial charge in [-0.25, -0.2) is 0 Å². The van der Waals surface area contributed by atoms with Crippen molar-refractivity contribution in [2.75, 3.05) is 6.61 Å². The zero-order valence-electron chi connectivity index (χ0n) is 11.3. The minimum absolute atomic E-state index is 0.120. The molecule has 0 saturated heterocycles. The molecule has 0 saturated carbocycles. The van der Waals surface area contributed by atoms with Gasteiger partial charge in [-0.1, -0.05) is 52.3 Å². The van der Waals surface area contributed by atoms with E-state index in [1.54, 1.807) is 0 Å². The van der Waals surface area contributed by atoms with Crippen molar-refractivity contribution in [2.45, 2.75) is 18.3 Å². The lowest BCUT2D eigenvalue weighted by Gasteiger charge is -2.18. The SMILES string of the molecule is O=C(O)C(CC1COc2ccccc21)c1ccccc1Br. The number of para-hydroxylation sites is 1. The Bertz CT molecular complexity index is 669. The van der Waals surface area contributed by atoms with Crippen molar-refractivity contribution in [3.05, 3.63) is 64.1 Å². The van der Waals surface area contributed by atoms with Crippen LogP contribution in [0.25, 0.3) is 0 Å². The second-order valence-electron chi connectivity index (χ2n) is 5.19. The van der Waals surface area contributed by atoms with E-state index in [0.29, 0.717) is 13.0 Å². The molecule has 2 aromatic carbocycles. The number of ether oxygens (including phenoxy) is 1. The number of hydrogen-bond donors (Lipinski definition) is 1. The zero-order valence-corrected chi connectivity index (χ0v) is 12.9. The predicted molar refractivity (Wildman–Crippen MR) is 83.8 cm³/mol. The quantitative estimate of drug-likeness (QED) is 0.902. The lowest BCUT2D eigenvalue weighted by Crippen LogP contribution is -2.16. The minimum atomic E-state index is -0.800. The van der Waals surface area contributed by atoms with E-state index in [-0.39, 0.29) is 5.92 Å². The highest BCUT2D eigenvalue weighted by molar-refractivity contribution is 9.10. The van der Waals surface area contributed by atoms with Crippen molar-refractivity contribution >= 4 is 21.9 Å². The molecule has 2 unspecified atom stereocenters. The van der Waals surface area contributed by atoms with Crippen LogP contribution in [0.4, 0.5) is 0 Å². The summed E-state index contributed by atoms with van der Waals surface area (Å²) in [6.07, 6.45) is 0.537. The second kappa shape index (κ2) is 5.90. The number of carboxylic acids is 1. The van der Waals surface area contributed by atoms with Gasteiger partial charge in [0.05, 0.1) is 12.5 Å². The molecule has 0 fully saturated rings. The Morgan fingerprint density at radius 1 is 1.24 bits per heavy atom. The number of benzene rings is 2. The van der Waals surface area contributed by atoms with E-state index in [1.165, 1.54) is 0 Å². The summed E-state index contributed by atoms with van der Waals surface area (Å²) in [6.45, 7) is 0.549. The van der Waals surface area contributed by atoms with Crippen molar-refractivity contribution in [2.24, 2.45) is 0 Å². The van der Waals surface area contributed by atoms with E-state index < -0.39 is 11.9 Å². The smallest absolute Gasteiger partial charge is 0.311 e. The van der Waals surface area contributed by atoms with Gasteiger partial charge >= 0.3 is 5.97 Å². The standard InChI is InChI=1S/C17H15BrO3/c18-15-7-3-1-6-13(15)14(17(19)20)9-11-10-21-16-8-4-2-5-12(11)16/h1-8,11,14H,9-10H2,(H,19,20). The molecule has 0 aliphatic carbocycles. The molecule has 0 amide bonds. The van der Waals surface area contributed by atoms with Crippen LogP contribution in [-0.2, 0) is 4.79 Å². The Kier molecular flexibility index (Phi) is 3.97. The molecule has 3 nitrogen and oxygen atoms in total. The molecule has 0 bridgehead atoms. The molecular weight excluding hydrogens is 332 g/mol. The molecule has 0 aromatic heterocycles. The molecule has 108 valence electrons. The van der Waals surface area contributed by atoms with Gasteiger partial charge in [-0.2, -0.15) is 0 Å². The first-order chi connectivity index (χ1) is 10.2. The first-order valence-electron chi connectivity index (χ1n) is 6.85. The molecule has 1 aliphatic rings. The Labute approximate surface area is 131 Å². The summed E-state index contributed by atoms with van der Waals surface area (Å²) in [4.78, 5) is 11.7. The van der Waals surface area contributed by atoms with Crippen LogP contribution in [0.15, 0.2) is 53.0 Å². The first kappa shape index (κ1) is 14.1. The van der Waals surface area contributed by atoms with Gasteiger partial charge in [-0.15, -0.1) is 0 Å². The average Bonchev–Trinajstić information content (AvgIpc) is 2.89. The molecule has 1 heterocycles. The highest BCUT2D eigenvalue weighted by atomic mass is 79.9. The molecule has 1 N–H and O–H groups in total. The van der Waals surface area contributed by atoms with Crippen molar-refractivity contribution in [1.82, 2.24) is 0 Å². The molecule has 2 aromatic rings. The average molecular weight is 347 g/mol. The fourth-order valence-electron chi connectivity index (χ4n) is 2.83. The van der Waals surface area contributed by atoms with Crippen LogP contribution in [0.1, 0.15) is 29.4 Å². The molecule has 21 heavy (non-hydrogen) atoms. The van der Waals surface area contributed by atoms with E-state index in [4.69, 9.17) is 4.74 Å². The first-order valence-corrected chi connectivity index (χ1v) is 7.65. The van der Waals surface area contributed by atoms with Gasteiger partial charge in [-0.05, 0) is 24.1 Å². The summed E-state index contributed by atoms with van der Waals surface area (Å²) >= 11 is 3.45. The zero-order chi connectivity index (χ0) is 14.8. The summed E-state index contributed by atoms with van der Waals surface area (Å²) in [5.41, 5.74) is 1.92. The maximum Gasteiger partial charge on any atom is 0.311 e. The highest BCUT2D eigenvalue weighted by Crippen LogP contribution is 2.40. The number of carboxylic acid groups (broad SMARTS) is 1. The topological polar surface area (TPSA) is 46.5 Å². The number of aliphatic carboxylic acids is 1. The maximum atomic E-state index is 11.7. The van der Waals surface area contributed by atoms with Crippen molar-refractivity contribution in [3.63, 3.8) is 0 Å². The monoisotopic (exact) mass is 346 g/mol. The van der Waals surface area contributed by atoms with E-state index in [9.17, 15) is 9.90 Å². The summed E-state index contributed by atoms with van der Waals surface area (Å²) in [5.74, 6) is -0.347. The van der Waals surface area contributed by atoms with Crippen molar-refractivity contribution < 1.29 is 14.6 Å². The van der Waals surface area contributed by atoms with Gasteiger partial charge in [0.1, 0.15) is 5.75 Å². The number of halogens is 1. The van der Waals surface area contributed by atoms with Crippen LogP contribution >= 0.6 is 15.9 Å². The van der Waals surface area contributed by atoms with Crippen LogP contribution in [0, 0.1) is 0 Å². The third kappa shape index (κ3) is 2.81. The number of fused-ring (bicyclic) bond motifs is 1. The largest absolute Gasteiger partial charge is 0.493 e. The number of hydrogen-bond acceptors (Lipinski definition) is 2. The number of rotatable bonds is 4. The number of carbonyl (C=O) groups is 1. The van der Waals surface area contributed by atoms with Crippen LogP contribution in [0.3, 0.4) is 0 Å². The van der Waals surface area contributed by atoms with Crippen LogP contribution in [0.2, 0.25) is 0 Å². The van der Waals surface area contributed by atoms with Crippen LogP contribution in [-0.4, -0.2) is 17.7 Å². The van der Waals surface area contributed by atoms with E-state index in [0.717, 1.165) is 21.3 Å². The Morgan fingerprint density at radius 2 is 1.95 bits per heavy atom. The normalized spacial score (nSPS) is 17.9. The summed E-state index contributed by atoms with van der Waals surface area (Å²) in [5, 5.41) is 9.60. The Hall–Kier alpha value is -1.81. The fraction of sp³-hybridized carbons (Fsp3) is 0.235. The lowest BCUT2D eigenvalue weighted by molar-refractivity contribution is -0.139. The molecule has 1 aliphatic heterocycles. The molecule has 4 heteroatoms. The van der Waals surface area contributed by atoms with Gasteiger partial charge < -0.3 is 9.84 Å². The second-order valence-corrected chi connectivity index (χ2v) is 6.05. The molecule has 2 atom stereocenters. The Morgan fingerprint density at radius 3 is 2.71 bits per heavy atom. The third-order valence-electron chi connectivity index (χ3n) is 3.90. The van der Waals surface area contributed by atoms with Crippen molar-refractivity contribution in [1.29, 1.82) is 0 Å². The van der Waals surface area contributed by atoms with Gasteiger partial charge in [0.15, 0.2) is 0 Å². The van der Waals surface area contributed by atoms with Gasteiger partial charge in [-0.3, -0.25) is 4.79 Å². The lowest BCUT2D eigenvalue weighted by atomic mass is 9.86. The maximum absolute atomic E-state index is 11.7. The van der Waals surface area contributed by atoms with E-state index in [2.05, 4.69) is 15.9 Å². The Balaban J connectivity index is 1.88. The van der Waals surface area contributed by atoms with Crippen LogP contribution in [0.5, 0.6) is 5.75 Å². The fourth-order valence-corrected chi connectivity index (χ4v) is 3.39. The highest BCUT2D eigenvalue weighted by Gasteiger charge is 2.31. The van der Waals surface area contributed by atoms with Gasteiger partial charge in [0.25, 0.3) is 0 Å².